The molecule has 4 nitrogen and oxygen atoms in total. The van der Waals surface area contributed by atoms with Crippen molar-refractivity contribution in [3.8, 4) is 0 Å². The van der Waals surface area contributed by atoms with Crippen molar-refractivity contribution >= 4 is 21.4 Å². The van der Waals surface area contributed by atoms with Gasteiger partial charge in [0.2, 0.25) is 0 Å². The van der Waals surface area contributed by atoms with Crippen LogP contribution in [-0.2, 0) is 14.1 Å². The summed E-state index contributed by atoms with van der Waals surface area (Å²) in [5.41, 5.74) is 0. The zero-order valence-corrected chi connectivity index (χ0v) is 5.40. The zero-order chi connectivity index (χ0) is 5.86. The first-order valence-electron chi connectivity index (χ1n) is 1.32. The van der Waals surface area contributed by atoms with Crippen LogP contribution in [0.15, 0.2) is 0 Å². The molecule has 1 unspecified atom stereocenters. The maximum Gasteiger partial charge on any atom is 1.00 e. The van der Waals surface area contributed by atoms with Crippen LogP contribution in [0.3, 0.4) is 0 Å². The van der Waals surface area contributed by atoms with Gasteiger partial charge in [0.1, 0.15) is 0 Å². The molecule has 8 heavy (non-hydrogen) atoms. The molecular weight excluding hydrogens is 126 g/mol. The van der Waals surface area contributed by atoms with Crippen LogP contribution in [0.25, 0.3) is 0 Å². The van der Waals surface area contributed by atoms with Gasteiger partial charge < -0.3 is 11.1 Å². The summed E-state index contributed by atoms with van der Waals surface area (Å²) in [6.45, 7) is 0. The van der Waals surface area contributed by atoms with E-state index in [1.165, 1.54) is 9.47 Å². The minimum absolute atomic E-state index is 0. The molecule has 1 atom stereocenters. The Kier molecular flexibility index (Phi) is 6.94. The summed E-state index contributed by atoms with van der Waals surface area (Å²) >= 11 is 0. The third kappa shape index (κ3) is 4.13. The monoisotopic (exact) mass is 130 g/mol. The Morgan fingerprint density at radius 1 is 1.62 bits per heavy atom. The number of aliphatic carboxylic acids is 1. The largest absolute Gasteiger partial charge is 1.00 e. The number of carboxylic acids is 1. The number of hydrogen-bond acceptors (Lipinski definition) is 3. The zero-order valence-electron chi connectivity index (χ0n) is 5.25. The standard InChI is InChI=1S/C2H3O4P.Li.H/c3-1(4)2(5)6-7;;/h7H2,(H,3,4);;/q;+1;-1. The van der Waals surface area contributed by atoms with E-state index >= 15 is 0 Å². The summed E-state index contributed by atoms with van der Waals surface area (Å²) in [5.74, 6) is -2.86. The minimum atomic E-state index is -1.59. The summed E-state index contributed by atoms with van der Waals surface area (Å²) in [6, 6.07) is 0. The number of hydrogen-bond donors (Lipinski definition) is 1. The number of rotatable bonds is 0. The quantitative estimate of drug-likeness (QED) is 0.210. The summed E-state index contributed by atoms with van der Waals surface area (Å²) in [7, 11) is 1.53. The Labute approximate surface area is 61.5 Å². The first kappa shape index (κ1) is 10.9. The maximum atomic E-state index is 9.67. The molecule has 0 aliphatic rings. The van der Waals surface area contributed by atoms with Crippen molar-refractivity contribution in [2.75, 3.05) is 0 Å². The van der Waals surface area contributed by atoms with Crippen LogP contribution in [0.5, 0.6) is 0 Å². The second-order valence-corrected chi connectivity index (χ2v) is 0.946. The second-order valence-electron chi connectivity index (χ2n) is 0.710. The van der Waals surface area contributed by atoms with Crippen LogP contribution < -0.4 is 18.9 Å². The van der Waals surface area contributed by atoms with E-state index < -0.39 is 11.9 Å². The summed E-state index contributed by atoms with van der Waals surface area (Å²) in [4.78, 5) is 19.1. The summed E-state index contributed by atoms with van der Waals surface area (Å²) in [6.07, 6.45) is 0. The Bertz CT molecular complexity index is 107. The van der Waals surface area contributed by atoms with Crippen LogP contribution in [0.1, 0.15) is 1.43 Å². The molecule has 1 N–H and O–H groups in total. The predicted octanol–water partition coefficient (Wildman–Crippen LogP) is -3.48. The van der Waals surface area contributed by atoms with Crippen molar-refractivity contribution in [2.24, 2.45) is 0 Å². The van der Waals surface area contributed by atoms with Crippen molar-refractivity contribution in [2.45, 2.75) is 0 Å². The third-order valence-electron chi connectivity index (χ3n) is 0.282. The van der Waals surface area contributed by atoms with Gasteiger partial charge in [-0.3, -0.25) is 0 Å². The van der Waals surface area contributed by atoms with E-state index in [0.29, 0.717) is 0 Å². The molecule has 0 radical (unpaired) electrons. The molecule has 0 fully saturated rings. The van der Waals surface area contributed by atoms with Crippen LogP contribution in [-0.4, -0.2) is 17.0 Å². The average molecular weight is 130 g/mol. The Morgan fingerprint density at radius 2 is 2.00 bits per heavy atom. The van der Waals surface area contributed by atoms with E-state index in [1.807, 2.05) is 0 Å². The smallest absolute Gasteiger partial charge is 1.00 e. The molecule has 0 rings (SSSR count). The fourth-order valence-electron chi connectivity index (χ4n) is 0.0504. The van der Waals surface area contributed by atoms with E-state index in [-0.39, 0.29) is 20.3 Å². The Balaban J connectivity index is -0.000000180. The van der Waals surface area contributed by atoms with Crippen LogP contribution >= 0.6 is 9.47 Å². The summed E-state index contributed by atoms with van der Waals surface area (Å²) in [5, 5.41) is 7.69. The molecule has 0 saturated carbocycles. The van der Waals surface area contributed by atoms with E-state index in [4.69, 9.17) is 5.11 Å². The first-order chi connectivity index (χ1) is 3.18. The van der Waals surface area contributed by atoms with Crippen molar-refractivity contribution in [1.29, 1.82) is 0 Å². The molecule has 0 aromatic rings. The van der Waals surface area contributed by atoms with E-state index in [1.54, 1.807) is 0 Å². The van der Waals surface area contributed by atoms with Gasteiger partial charge in [0.05, 0.1) is 9.47 Å². The minimum Gasteiger partial charge on any atom is -1.00 e. The van der Waals surface area contributed by atoms with Gasteiger partial charge >= 0.3 is 30.8 Å². The fourth-order valence-corrected chi connectivity index (χ4v) is 0.151. The fraction of sp³-hybridized carbons (Fsp3) is 0. The van der Waals surface area contributed by atoms with Gasteiger partial charge in [-0.1, -0.05) is 0 Å². The van der Waals surface area contributed by atoms with Gasteiger partial charge in [-0.15, -0.1) is 0 Å². The molecule has 0 aromatic heterocycles. The second kappa shape index (κ2) is 5.11. The van der Waals surface area contributed by atoms with Gasteiger partial charge in [0.15, 0.2) is 0 Å². The van der Waals surface area contributed by atoms with Crippen molar-refractivity contribution in [3.63, 3.8) is 0 Å². The molecular formula is C2H4LiO4P. The Hall–Kier alpha value is -0.0326. The first-order valence-corrected chi connectivity index (χ1v) is 1.79. The third-order valence-corrected chi connectivity index (χ3v) is 0.496. The van der Waals surface area contributed by atoms with E-state index in [2.05, 4.69) is 4.52 Å². The predicted molar refractivity (Wildman–Crippen MR) is 24.5 cm³/mol. The van der Waals surface area contributed by atoms with Crippen LogP contribution in [0, 0.1) is 0 Å². The molecule has 6 heteroatoms. The van der Waals surface area contributed by atoms with Crippen molar-refractivity contribution in [3.05, 3.63) is 0 Å². The molecule has 0 aliphatic heterocycles. The Morgan fingerprint density at radius 3 is 2.00 bits per heavy atom. The number of carbonyl (C=O) groups excluding carboxylic acids is 1. The van der Waals surface area contributed by atoms with Gasteiger partial charge in [-0.25, -0.2) is 9.59 Å². The maximum absolute atomic E-state index is 9.67. The van der Waals surface area contributed by atoms with Gasteiger partial charge in [-0.05, 0) is 0 Å². The van der Waals surface area contributed by atoms with Crippen molar-refractivity contribution < 1.29 is 39.5 Å². The van der Waals surface area contributed by atoms with Gasteiger partial charge in [0.25, 0.3) is 0 Å². The average Bonchev–Trinajstić information content (AvgIpc) is 1.65. The number of carbonyl (C=O) groups is 2. The molecule has 0 saturated heterocycles. The molecule has 0 amide bonds. The normalized spacial score (nSPS) is 6.62. The van der Waals surface area contributed by atoms with Crippen molar-refractivity contribution in [1.82, 2.24) is 0 Å². The molecule has 0 aromatic carbocycles. The van der Waals surface area contributed by atoms with Crippen LogP contribution in [0.2, 0.25) is 0 Å². The van der Waals surface area contributed by atoms with Gasteiger partial charge in [0, 0.05) is 0 Å². The SMILES string of the molecule is O=C(O)C(=O)OP.[H-].[Li+]. The molecule has 0 heterocycles. The topological polar surface area (TPSA) is 63.6 Å². The van der Waals surface area contributed by atoms with Crippen LogP contribution in [0.4, 0.5) is 0 Å². The summed E-state index contributed by atoms with van der Waals surface area (Å²) < 4.78 is 3.69. The van der Waals surface area contributed by atoms with E-state index in [0.717, 1.165) is 0 Å². The number of carboxylic acid groups (broad SMARTS) is 1. The molecule has 0 aliphatic carbocycles. The van der Waals surface area contributed by atoms with E-state index in [9.17, 15) is 9.59 Å². The molecule has 0 bridgehead atoms. The molecule has 42 valence electrons. The molecule has 0 spiro atoms. The van der Waals surface area contributed by atoms with Gasteiger partial charge in [-0.2, -0.15) is 0 Å².